The number of hydrogen-bond acceptors (Lipinski definition) is 8. The van der Waals surface area contributed by atoms with E-state index in [-0.39, 0.29) is 5.91 Å². The second kappa shape index (κ2) is 10.8. The number of benzene rings is 1. The van der Waals surface area contributed by atoms with Gasteiger partial charge >= 0.3 is 0 Å². The van der Waals surface area contributed by atoms with E-state index in [0.717, 1.165) is 32.4 Å². The third kappa shape index (κ3) is 5.98. The van der Waals surface area contributed by atoms with Gasteiger partial charge in [-0.05, 0) is 63.4 Å². The van der Waals surface area contributed by atoms with Crippen LogP contribution < -0.4 is 14.8 Å². The van der Waals surface area contributed by atoms with E-state index in [4.69, 9.17) is 14.0 Å². The molecule has 4 rings (SSSR count). The number of amides is 1. The van der Waals surface area contributed by atoms with Gasteiger partial charge in [-0.3, -0.25) is 4.79 Å². The highest BCUT2D eigenvalue weighted by atomic mass is 16.6. The number of nitrogens with one attached hydrogen (secondary N) is 1. The molecular weight excluding hydrogens is 412 g/mol. The lowest BCUT2D eigenvalue weighted by atomic mass is 10.0. The van der Waals surface area contributed by atoms with Crippen LogP contribution in [0.25, 0.3) is 0 Å². The summed E-state index contributed by atoms with van der Waals surface area (Å²) in [5, 5.41) is 18.0. The van der Waals surface area contributed by atoms with Gasteiger partial charge in [0, 0.05) is 19.4 Å². The summed E-state index contributed by atoms with van der Waals surface area (Å²) in [6, 6.07) is 5.07. The van der Waals surface area contributed by atoms with Crippen molar-refractivity contribution in [2.45, 2.75) is 57.6 Å². The number of aryl methyl sites for hydroxylation is 2. The average molecular weight is 445 g/mol. The van der Waals surface area contributed by atoms with Crippen molar-refractivity contribution in [3.8, 4) is 11.5 Å². The predicted molar refractivity (Wildman–Crippen MR) is 117 cm³/mol. The predicted octanol–water partition coefficient (Wildman–Crippen LogP) is 2.18. The van der Waals surface area contributed by atoms with E-state index in [0.29, 0.717) is 67.8 Å². The summed E-state index contributed by atoms with van der Waals surface area (Å²) in [6.45, 7) is 5.39. The van der Waals surface area contributed by atoms with Crippen LogP contribution in [0.15, 0.2) is 22.7 Å². The van der Waals surface area contributed by atoms with Crippen molar-refractivity contribution in [3.05, 3.63) is 35.5 Å². The Labute approximate surface area is 188 Å². The Balaban J connectivity index is 1.34. The molecule has 0 radical (unpaired) electrons. The highest BCUT2D eigenvalue weighted by Crippen LogP contribution is 2.33. The number of carbonyl (C=O) groups excluding carboxylic acids is 1. The molecule has 2 unspecified atom stereocenters. The molecule has 1 amide bonds. The van der Waals surface area contributed by atoms with Gasteiger partial charge in [0.2, 0.25) is 11.8 Å². The minimum absolute atomic E-state index is 0.0625. The second-order valence-electron chi connectivity index (χ2n) is 8.47. The summed E-state index contributed by atoms with van der Waals surface area (Å²) < 4.78 is 16.4. The van der Waals surface area contributed by atoms with Crippen molar-refractivity contribution in [1.82, 2.24) is 20.4 Å². The molecule has 1 saturated heterocycles. The van der Waals surface area contributed by atoms with Gasteiger partial charge in [0.25, 0.3) is 0 Å². The van der Waals surface area contributed by atoms with Crippen molar-refractivity contribution in [1.29, 1.82) is 0 Å². The topological polar surface area (TPSA) is 110 Å². The van der Waals surface area contributed by atoms with Gasteiger partial charge in [-0.25, -0.2) is 0 Å². The Morgan fingerprint density at radius 2 is 1.97 bits per heavy atom. The lowest BCUT2D eigenvalue weighted by Gasteiger charge is -2.29. The maximum Gasteiger partial charge on any atom is 0.226 e. The molecule has 0 bridgehead atoms. The summed E-state index contributed by atoms with van der Waals surface area (Å²) in [5.74, 6) is 2.48. The maximum atomic E-state index is 12.7. The summed E-state index contributed by atoms with van der Waals surface area (Å²) in [7, 11) is 0. The van der Waals surface area contributed by atoms with Crippen LogP contribution in [0.4, 0.5) is 0 Å². The fourth-order valence-corrected chi connectivity index (χ4v) is 4.23. The summed E-state index contributed by atoms with van der Waals surface area (Å²) in [6.07, 6.45) is 4.01. The number of rotatable bonds is 10. The third-order valence-electron chi connectivity index (χ3n) is 5.90. The molecule has 2 aliphatic rings. The average Bonchev–Trinajstić information content (AvgIpc) is 3.47. The zero-order valence-corrected chi connectivity index (χ0v) is 18.6. The van der Waals surface area contributed by atoms with Gasteiger partial charge in [0.1, 0.15) is 19.3 Å². The van der Waals surface area contributed by atoms with Crippen molar-refractivity contribution >= 4 is 5.91 Å². The largest absolute Gasteiger partial charge is 0.486 e. The van der Waals surface area contributed by atoms with Gasteiger partial charge in [0.15, 0.2) is 17.3 Å². The number of nitrogens with zero attached hydrogens (tertiary/aromatic N) is 3. The van der Waals surface area contributed by atoms with Crippen LogP contribution in [0.2, 0.25) is 0 Å². The number of ether oxygens (including phenoxy) is 2. The summed E-state index contributed by atoms with van der Waals surface area (Å²) >= 11 is 0. The van der Waals surface area contributed by atoms with Crippen molar-refractivity contribution in [2.75, 3.05) is 32.8 Å². The highest BCUT2D eigenvalue weighted by molar-refractivity contribution is 5.76. The number of aliphatic hydroxyl groups excluding tert-OH is 1. The van der Waals surface area contributed by atoms with Gasteiger partial charge in [0.05, 0.1) is 6.04 Å². The lowest BCUT2D eigenvalue weighted by molar-refractivity contribution is -0.123. The van der Waals surface area contributed by atoms with E-state index >= 15 is 0 Å². The quantitative estimate of drug-likeness (QED) is 0.537. The van der Waals surface area contributed by atoms with E-state index < -0.39 is 12.1 Å². The molecule has 0 aliphatic carbocycles. The Morgan fingerprint density at radius 3 is 2.72 bits per heavy atom. The SMILES string of the molecule is Cc1noc(CCCCC(=O)NC(CN2CCCC2)C(O)c2ccc3c(c2)OCCO3)n1. The first-order valence-corrected chi connectivity index (χ1v) is 11.5. The molecule has 174 valence electrons. The second-order valence-corrected chi connectivity index (χ2v) is 8.47. The summed E-state index contributed by atoms with van der Waals surface area (Å²) in [4.78, 5) is 19.2. The van der Waals surface area contributed by atoms with Crippen molar-refractivity contribution in [3.63, 3.8) is 0 Å². The highest BCUT2D eigenvalue weighted by Gasteiger charge is 2.27. The standard InChI is InChI=1S/C23H32N4O5/c1-16-24-22(32-26-16)7-3-2-6-21(28)25-18(15-27-10-4-5-11-27)23(29)17-8-9-19-20(14-17)31-13-12-30-19/h8-9,14,18,23,29H,2-7,10-13,15H2,1H3,(H,25,28). The van der Waals surface area contributed by atoms with Gasteiger partial charge in [-0.2, -0.15) is 4.98 Å². The lowest BCUT2D eigenvalue weighted by Crippen LogP contribution is -2.46. The number of hydrogen-bond donors (Lipinski definition) is 2. The summed E-state index contributed by atoms with van der Waals surface area (Å²) in [5.41, 5.74) is 0.713. The van der Waals surface area contributed by atoms with E-state index in [1.54, 1.807) is 6.92 Å². The van der Waals surface area contributed by atoms with Crippen LogP contribution in [0.5, 0.6) is 11.5 Å². The monoisotopic (exact) mass is 444 g/mol. The zero-order valence-electron chi connectivity index (χ0n) is 18.6. The molecule has 2 aromatic rings. The molecule has 32 heavy (non-hydrogen) atoms. The number of likely N-dealkylation sites (tertiary alicyclic amines) is 1. The van der Waals surface area contributed by atoms with E-state index in [1.165, 1.54) is 0 Å². The van der Waals surface area contributed by atoms with Crippen LogP contribution in [0.3, 0.4) is 0 Å². The normalized spacial score (nSPS) is 17.8. The maximum absolute atomic E-state index is 12.7. The van der Waals surface area contributed by atoms with Crippen LogP contribution in [-0.4, -0.2) is 64.9 Å². The Morgan fingerprint density at radius 1 is 1.19 bits per heavy atom. The van der Waals surface area contributed by atoms with E-state index in [2.05, 4.69) is 20.4 Å². The molecule has 2 aliphatic heterocycles. The molecule has 1 fully saturated rings. The number of carbonyl (C=O) groups is 1. The molecular formula is C23H32N4O5. The fourth-order valence-electron chi connectivity index (χ4n) is 4.23. The van der Waals surface area contributed by atoms with Crippen molar-refractivity contribution in [2.24, 2.45) is 0 Å². The van der Waals surface area contributed by atoms with Crippen LogP contribution in [0, 0.1) is 6.92 Å². The first-order chi connectivity index (χ1) is 15.6. The molecule has 3 heterocycles. The molecule has 9 nitrogen and oxygen atoms in total. The fraction of sp³-hybridized carbons (Fsp3) is 0.609. The van der Waals surface area contributed by atoms with Crippen LogP contribution >= 0.6 is 0 Å². The first kappa shape index (κ1) is 22.5. The Bertz CT molecular complexity index is 896. The number of unbranched alkanes of at least 4 members (excludes halogenated alkanes) is 1. The minimum Gasteiger partial charge on any atom is -0.486 e. The van der Waals surface area contributed by atoms with Crippen LogP contribution in [0.1, 0.15) is 55.5 Å². The van der Waals surface area contributed by atoms with Crippen LogP contribution in [-0.2, 0) is 11.2 Å². The van der Waals surface area contributed by atoms with Crippen molar-refractivity contribution < 1.29 is 23.9 Å². The first-order valence-electron chi connectivity index (χ1n) is 11.5. The Kier molecular flexibility index (Phi) is 7.59. The van der Waals surface area contributed by atoms with Gasteiger partial charge < -0.3 is 29.3 Å². The Hall–Kier alpha value is -2.65. The molecule has 2 N–H and O–H groups in total. The number of aromatic nitrogens is 2. The number of aliphatic hydroxyl groups is 1. The number of fused-ring (bicyclic) bond motifs is 1. The minimum atomic E-state index is -0.836. The molecule has 9 heteroatoms. The molecule has 0 saturated carbocycles. The molecule has 1 aromatic heterocycles. The van der Waals surface area contributed by atoms with Gasteiger partial charge in [-0.1, -0.05) is 11.2 Å². The third-order valence-corrected chi connectivity index (χ3v) is 5.90. The molecule has 0 spiro atoms. The van der Waals surface area contributed by atoms with Gasteiger partial charge in [-0.15, -0.1) is 0 Å². The van der Waals surface area contributed by atoms with E-state index in [9.17, 15) is 9.90 Å². The smallest absolute Gasteiger partial charge is 0.226 e. The zero-order chi connectivity index (χ0) is 22.3. The van der Waals surface area contributed by atoms with E-state index in [1.807, 2.05) is 18.2 Å². The molecule has 2 atom stereocenters. The molecule has 1 aromatic carbocycles.